The third kappa shape index (κ3) is 4.82. The van der Waals surface area contributed by atoms with E-state index in [1.807, 2.05) is 24.3 Å². The summed E-state index contributed by atoms with van der Waals surface area (Å²) in [5.74, 6) is 1.04. The zero-order chi connectivity index (χ0) is 20.3. The highest BCUT2D eigenvalue weighted by atomic mass is 19.4. The normalized spacial score (nSPS) is 15.5. The topological polar surface area (TPSA) is 42.4 Å². The Morgan fingerprint density at radius 3 is 2.36 bits per heavy atom. The Labute approximate surface area is 162 Å². The molecule has 0 unspecified atom stereocenters. The van der Waals surface area contributed by atoms with E-state index in [4.69, 9.17) is 4.74 Å². The van der Waals surface area contributed by atoms with Crippen LogP contribution in [0.3, 0.4) is 0 Å². The minimum Gasteiger partial charge on any atom is -0.497 e. The van der Waals surface area contributed by atoms with Gasteiger partial charge in [-0.2, -0.15) is 13.2 Å². The van der Waals surface area contributed by atoms with Gasteiger partial charge in [0.05, 0.1) is 12.7 Å². The molecule has 1 aromatic heterocycles. The van der Waals surface area contributed by atoms with Gasteiger partial charge in [-0.1, -0.05) is 12.1 Å². The highest BCUT2D eigenvalue weighted by Gasteiger charge is 2.33. The molecule has 150 valence electrons. The van der Waals surface area contributed by atoms with Crippen LogP contribution in [0.1, 0.15) is 48.4 Å². The van der Waals surface area contributed by atoms with E-state index in [1.54, 1.807) is 19.1 Å². The minimum atomic E-state index is -4.45. The maximum Gasteiger partial charge on any atom is 0.416 e. The molecule has 1 fully saturated rings. The predicted octanol–water partition coefficient (Wildman–Crippen LogP) is 4.97. The maximum absolute atomic E-state index is 13.4. The number of hydrogen-bond acceptors (Lipinski definition) is 4. The smallest absolute Gasteiger partial charge is 0.416 e. The molecule has 0 radical (unpaired) electrons. The van der Waals surface area contributed by atoms with Gasteiger partial charge >= 0.3 is 6.18 Å². The number of Topliss-reactive ketones (excluding diaryl/α,β-unsaturated/α-hetero) is 1. The van der Waals surface area contributed by atoms with E-state index in [0.717, 1.165) is 23.4 Å². The number of rotatable bonds is 5. The fourth-order valence-corrected chi connectivity index (χ4v) is 3.43. The average Bonchev–Trinajstić information content (AvgIpc) is 2.68. The number of ketones is 1. The first kappa shape index (κ1) is 20.2. The van der Waals surface area contributed by atoms with E-state index in [9.17, 15) is 18.0 Å². The first-order chi connectivity index (χ1) is 13.3. The van der Waals surface area contributed by atoms with E-state index in [2.05, 4.69) is 4.98 Å². The Hall–Kier alpha value is -2.57. The number of anilines is 1. The number of nitrogens with zero attached hydrogens (tertiary/aromatic N) is 2. The van der Waals surface area contributed by atoms with Crippen molar-refractivity contribution in [3.05, 3.63) is 53.2 Å². The summed E-state index contributed by atoms with van der Waals surface area (Å²) in [4.78, 5) is 17.7. The highest BCUT2D eigenvalue weighted by Crippen LogP contribution is 2.36. The van der Waals surface area contributed by atoms with Crippen molar-refractivity contribution in [3.63, 3.8) is 0 Å². The third-order valence-electron chi connectivity index (χ3n) is 5.09. The van der Waals surface area contributed by atoms with E-state index in [0.29, 0.717) is 37.9 Å². The third-order valence-corrected chi connectivity index (χ3v) is 5.09. The van der Waals surface area contributed by atoms with E-state index >= 15 is 0 Å². The zero-order valence-corrected chi connectivity index (χ0v) is 15.9. The monoisotopic (exact) mass is 392 g/mol. The van der Waals surface area contributed by atoms with Crippen LogP contribution in [0.25, 0.3) is 0 Å². The Morgan fingerprint density at radius 2 is 1.79 bits per heavy atom. The van der Waals surface area contributed by atoms with E-state index in [1.165, 1.54) is 0 Å². The SMILES string of the molecule is COc1ccc(CN(C)c2cc(C(F)(F)F)cc(C3CCC(=O)CC3)n2)cc1. The lowest BCUT2D eigenvalue weighted by atomic mass is 9.85. The molecule has 0 aliphatic heterocycles. The van der Waals surface area contributed by atoms with Gasteiger partial charge in [-0.15, -0.1) is 0 Å². The van der Waals surface area contributed by atoms with Crippen LogP contribution in [0.4, 0.5) is 19.0 Å². The fraction of sp³-hybridized carbons (Fsp3) is 0.429. The van der Waals surface area contributed by atoms with Crippen LogP contribution in [-0.2, 0) is 17.5 Å². The lowest BCUT2D eigenvalue weighted by Crippen LogP contribution is -2.21. The summed E-state index contributed by atoms with van der Waals surface area (Å²) in [6, 6.07) is 9.58. The molecule has 0 atom stereocenters. The Balaban J connectivity index is 1.87. The van der Waals surface area contributed by atoms with Crippen molar-refractivity contribution in [1.29, 1.82) is 0 Å². The van der Waals surface area contributed by atoms with Crippen molar-refractivity contribution in [2.45, 2.75) is 44.3 Å². The predicted molar refractivity (Wildman–Crippen MR) is 101 cm³/mol. The average molecular weight is 392 g/mol. The van der Waals surface area contributed by atoms with Crippen LogP contribution < -0.4 is 9.64 Å². The van der Waals surface area contributed by atoms with Crippen LogP contribution in [0.2, 0.25) is 0 Å². The Bertz CT molecular complexity index is 825. The largest absolute Gasteiger partial charge is 0.497 e. The second-order valence-corrected chi connectivity index (χ2v) is 7.15. The molecule has 28 heavy (non-hydrogen) atoms. The molecule has 2 aromatic rings. The Morgan fingerprint density at radius 1 is 1.14 bits per heavy atom. The van der Waals surface area contributed by atoms with Crippen molar-refractivity contribution < 1.29 is 22.7 Å². The summed E-state index contributed by atoms with van der Waals surface area (Å²) < 4.78 is 45.4. The summed E-state index contributed by atoms with van der Waals surface area (Å²) in [7, 11) is 3.30. The molecule has 4 nitrogen and oxygen atoms in total. The molecule has 0 spiro atoms. The molecule has 0 saturated heterocycles. The van der Waals surface area contributed by atoms with Crippen LogP contribution in [0.15, 0.2) is 36.4 Å². The first-order valence-electron chi connectivity index (χ1n) is 9.21. The molecule has 1 saturated carbocycles. The second-order valence-electron chi connectivity index (χ2n) is 7.15. The van der Waals surface area contributed by atoms with Crippen LogP contribution in [0, 0.1) is 0 Å². The number of ether oxygens (including phenoxy) is 1. The molecule has 3 rings (SSSR count). The van der Waals surface area contributed by atoms with Crippen molar-refractivity contribution in [3.8, 4) is 5.75 Å². The molecular weight excluding hydrogens is 369 g/mol. The Kier molecular flexibility index (Phi) is 5.91. The van der Waals surface area contributed by atoms with Crippen molar-refractivity contribution >= 4 is 11.6 Å². The van der Waals surface area contributed by atoms with Gasteiger partial charge in [-0.25, -0.2) is 4.98 Å². The van der Waals surface area contributed by atoms with Crippen LogP contribution in [-0.4, -0.2) is 24.9 Å². The molecule has 0 amide bonds. The lowest BCUT2D eigenvalue weighted by Gasteiger charge is -2.25. The van der Waals surface area contributed by atoms with Gasteiger partial charge in [-0.3, -0.25) is 4.79 Å². The van der Waals surface area contributed by atoms with Crippen molar-refractivity contribution in [2.75, 3.05) is 19.1 Å². The number of halogens is 3. The van der Waals surface area contributed by atoms with Gasteiger partial charge in [0.15, 0.2) is 0 Å². The van der Waals surface area contributed by atoms with Crippen LogP contribution in [0.5, 0.6) is 5.75 Å². The maximum atomic E-state index is 13.4. The van der Waals surface area contributed by atoms with Crippen molar-refractivity contribution in [1.82, 2.24) is 4.98 Å². The quantitative estimate of drug-likeness (QED) is 0.720. The number of pyridine rings is 1. The molecule has 7 heteroatoms. The minimum absolute atomic E-state index is 0.117. The number of methoxy groups -OCH3 is 1. The molecule has 0 N–H and O–H groups in total. The number of carbonyl (C=O) groups excluding carboxylic acids is 1. The van der Waals surface area contributed by atoms with Gasteiger partial charge in [0.1, 0.15) is 17.4 Å². The van der Waals surface area contributed by atoms with Crippen LogP contribution >= 0.6 is 0 Å². The lowest BCUT2D eigenvalue weighted by molar-refractivity contribution is -0.137. The molecule has 1 aliphatic carbocycles. The molecule has 1 aromatic carbocycles. The summed E-state index contributed by atoms with van der Waals surface area (Å²) in [5.41, 5.74) is 0.650. The number of benzene rings is 1. The summed E-state index contributed by atoms with van der Waals surface area (Å²) in [6.07, 6.45) is -2.54. The fourth-order valence-electron chi connectivity index (χ4n) is 3.43. The summed E-state index contributed by atoms with van der Waals surface area (Å²) >= 11 is 0. The number of alkyl halides is 3. The standard InChI is InChI=1S/C21H23F3N2O2/c1-26(13-14-3-9-18(28-2)10-4-14)20-12-16(21(22,23)24)11-19(25-20)15-5-7-17(27)8-6-15/h3-4,9-12,15H,5-8,13H2,1-2H3. The second kappa shape index (κ2) is 8.20. The number of carbonyl (C=O) groups is 1. The number of aromatic nitrogens is 1. The van der Waals surface area contributed by atoms with Gasteiger partial charge in [0.2, 0.25) is 0 Å². The van der Waals surface area contributed by atoms with E-state index in [-0.39, 0.29) is 17.5 Å². The van der Waals surface area contributed by atoms with Gasteiger partial charge in [0, 0.05) is 38.0 Å². The first-order valence-corrected chi connectivity index (χ1v) is 9.21. The summed E-state index contributed by atoms with van der Waals surface area (Å²) in [5, 5.41) is 0. The molecule has 0 bridgehead atoms. The highest BCUT2D eigenvalue weighted by molar-refractivity contribution is 5.79. The van der Waals surface area contributed by atoms with Crippen molar-refractivity contribution in [2.24, 2.45) is 0 Å². The molecule has 1 aliphatic rings. The zero-order valence-electron chi connectivity index (χ0n) is 15.9. The molecular formula is C21H23F3N2O2. The van der Waals surface area contributed by atoms with Gasteiger partial charge < -0.3 is 9.64 Å². The van der Waals surface area contributed by atoms with Gasteiger partial charge in [-0.05, 0) is 42.7 Å². The number of hydrogen-bond donors (Lipinski definition) is 0. The molecule has 1 heterocycles. The van der Waals surface area contributed by atoms with E-state index < -0.39 is 11.7 Å². The van der Waals surface area contributed by atoms with Gasteiger partial charge in [0.25, 0.3) is 0 Å². The summed E-state index contributed by atoms with van der Waals surface area (Å²) in [6.45, 7) is 0.418.